The van der Waals surface area contributed by atoms with Crippen LogP contribution in [0.25, 0.3) is 0 Å². The van der Waals surface area contributed by atoms with Gasteiger partial charge in [0, 0.05) is 6.42 Å². The van der Waals surface area contributed by atoms with Crippen LogP contribution in [-0.2, 0) is 4.79 Å². The molecule has 0 amide bonds. The van der Waals surface area contributed by atoms with Crippen LogP contribution in [0.15, 0.2) is 60.4 Å². The first-order chi connectivity index (χ1) is 12.2. The number of aliphatic hydroxyl groups is 1. The van der Waals surface area contributed by atoms with Gasteiger partial charge in [-0.1, -0.05) is 55.5 Å². The van der Waals surface area contributed by atoms with Crippen molar-refractivity contribution < 1.29 is 15.0 Å². The van der Waals surface area contributed by atoms with Gasteiger partial charge in [0.1, 0.15) is 0 Å². The summed E-state index contributed by atoms with van der Waals surface area (Å²) in [6.07, 6.45) is 27.5. The lowest BCUT2D eigenvalue weighted by Crippen LogP contribution is -1.95. The van der Waals surface area contributed by atoms with Crippen LogP contribution >= 0.6 is 0 Å². The van der Waals surface area contributed by atoms with E-state index in [1.165, 1.54) is 0 Å². The molecule has 0 fully saturated rings. The molecule has 0 rings (SSSR count). The van der Waals surface area contributed by atoms with Gasteiger partial charge in [0.25, 0.3) is 0 Å². The van der Waals surface area contributed by atoms with E-state index in [2.05, 4.69) is 55.5 Å². The zero-order valence-electron chi connectivity index (χ0n) is 15.6. The van der Waals surface area contributed by atoms with Crippen molar-refractivity contribution in [3.05, 3.63) is 60.4 Å². The lowest BCUT2D eigenvalue weighted by atomic mass is 10.2. The highest BCUT2D eigenvalue weighted by atomic mass is 16.4. The number of aliphatic hydroxyl groups excluding tert-OH is 1. The summed E-state index contributed by atoms with van der Waals surface area (Å²) in [6.45, 7) is 2.15. The summed E-state index contributed by atoms with van der Waals surface area (Å²) in [6, 6.07) is 0. The molecule has 0 aliphatic heterocycles. The molecule has 0 heterocycles. The lowest BCUT2D eigenvalue weighted by molar-refractivity contribution is -0.137. The molecule has 0 aromatic rings. The van der Waals surface area contributed by atoms with E-state index in [-0.39, 0.29) is 18.6 Å². The smallest absolute Gasteiger partial charge is 0.303 e. The fourth-order valence-corrected chi connectivity index (χ4v) is 2.10. The molecule has 2 N–H and O–H groups in total. The summed E-state index contributed by atoms with van der Waals surface area (Å²) in [5.41, 5.74) is 0. The fourth-order valence-electron chi connectivity index (χ4n) is 2.10. The van der Waals surface area contributed by atoms with E-state index in [9.17, 15) is 9.90 Å². The van der Waals surface area contributed by atoms with Crippen molar-refractivity contribution >= 4 is 5.97 Å². The highest BCUT2D eigenvalue weighted by Crippen LogP contribution is 2.05. The highest BCUT2D eigenvalue weighted by molar-refractivity contribution is 5.66. The molecule has 3 heteroatoms. The van der Waals surface area contributed by atoms with E-state index in [0.717, 1.165) is 51.4 Å². The number of aliphatic carboxylic acids is 1. The molecule has 0 aliphatic carbocycles. The van der Waals surface area contributed by atoms with Gasteiger partial charge in [-0.05, 0) is 57.4 Å². The molecule has 0 spiro atoms. The monoisotopic (exact) mass is 346 g/mol. The minimum atomic E-state index is -0.882. The molecule has 0 unspecified atom stereocenters. The second kappa shape index (κ2) is 18.3. The maximum absolute atomic E-state index is 10.4. The third-order valence-electron chi connectivity index (χ3n) is 3.48. The number of hydrogen-bond donors (Lipinski definition) is 2. The largest absolute Gasteiger partial charge is 0.513 e. The van der Waals surface area contributed by atoms with Gasteiger partial charge in [-0.15, -0.1) is 0 Å². The van der Waals surface area contributed by atoms with Gasteiger partial charge in [0.2, 0.25) is 0 Å². The average Bonchev–Trinajstić information content (AvgIpc) is 2.59. The van der Waals surface area contributed by atoms with Gasteiger partial charge in [-0.2, -0.15) is 0 Å². The van der Waals surface area contributed by atoms with E-state index < -0.39 is 5.97 Å². The number of carboxylic acid groups (broad SMARTS) is 1. The second-order valence-electron chi connectivity index (χ2n) is 5.85. The topological polar surface area (TPSA) is 57.5 Å². The maximum Gasteiger partial charge on any atom is 0.303 e. The van der Waals surface area contributed by atoms with Crippen molar-refractivity contribution in [1.29, 1.82) is 0 Å². The van der Waals surface area contributed by atoms with Crippen LogP contribution in [0, 0.1) is 0 Å². The molecule has 25 heavy (non-hydrogen) atoms. The van der Waals surface area contributed by atoms with Crippen molar-refractivity contribution in [2.24, 2.45) is 0 Å². The van der Waals surface area contributed by atoms with Crippen molar-refractivity contribution in [3.8, 4) is 0 Å². The normalized spacial score (nSPS) is 13.1. The second-order valence-corrected chi connectivity index (χ2v) is 5.85. The van der Waals surface area contributed by atoms with E-state index in [4.69, 9.17) is 5.11 Å². The average molecular weight is 347 g/mol. The quantitative estimate of drug-likeness (QED) is 0.198. The fraction of sp³-hybridized carbons (Fsp3) is 0.500. The lowest BCUT2D eigenvalue weighted by Gasteiger charge is -1.96. The molecule has 0 aliphatic rings. The Bertz CT molecular complexity index is 468. The van der Waals surface area contributed by atoms with Gasteiger partial charge < -0.3 is 10.2 Å². The Morgan fingerprint density at radius 1 is 0.680 bits per heavy atom. The molecule has 140 valence electrons. The van der Waals surface area contributed by atoms with Crippen molar-refractivity contribution in [3.63, 3.8) is 0 Å². The summed E-state index contributed by atoms with van der Waals surface area (Å²) in [5.74, 6) is -0.708. The standard InChI is InChI=1S/C22H34O3/c1-2-3-4-5-6-7-8-9-10-11-12-13-14-15-16-17-18-21(23)19-20-22(24)25/h3-4,7-8,10-11,14-15,18,23H,2,5-6,9,12-13,16-17,19-20H2,1H3,(H,24,25). The Morgan fingerprint density at radius 2 is 1.16 bits per heavy atom. The van der Waals surface area contributed by atoms with E-state index in [1.54, 1.807) is 6.08 Å². The van der Waals surface area contributed by atoms with Crippen molar-refractivity contribution in [2.75, 3.05) is 0 Å². The SMILES string of the molecule is CCC=CCCC=CCC=CCCC=CCCC=C(O)CCC(=O)O. The Balaban J connectivity index is 3.53. The van der Waals surface area contributed by atoms with Crippen LogP contribution in [0.3, 0.4) is 0 Å². The maximum atomic E-state index is 10.4. The number of rotatable bonds is 15. The first-order valence-corrected chi connectivity index (χ1v) is 9.36. The molecule has 0 bridgehead atoms. The first kappa shape index (κ1) is 23.0. The third-order valence-corrected chi connectivity index (χ3v) is 3.48. The molecule has 0 atom stereocenters. The van der Waals surface area contributed by atoms with Gasteiger partial charge in [-0.25, -0.2) is 0 Å². The number of unbranched alkanes of at least 4 members (excludes halogenated alkanes) is 3. The number of carboxylic acids is 1. The molecular formula is C22H34O3. The van der Waals surface area contributed by atoms with Crippen molar-refractivity contribution in [1.82, 2.24) is 0 Å². The summed E-state index contributed by atoms with van der Waals surface area (Å²) in [4.78, 5) is 10.4. The molecule has 3 nitrogen and oxygen atoms in total. The van der Waals surface area contributed by atoms with Crippen molar-refractivity contribution in [2.45, 2.75) is 71.1 Å². The van der Waals surface area contributed by atoms with Gasteiger partial charge in [-0.3, -0.25) is 4.79 Å². The van der Waals surface area contributed by atoms with Crippen LogP contribution < -0.4 is 0 Å². The van der Waals surface area contributed by atoms with Crippen LogP contribution in [-0.4, -0.2) is 16.2 Å². The number of allylic oxidation sites excluding steroid dienone is 10. The predicted molar refractivity (Wildman–Crippen MR) is 107 cm³/mol. The van der Waals surface area contributed by atoms with E-state index in [1.807, 2.05) is 0 Å². The van der Waals surface area contributed by atoms with Gasteiger partial charge >= 0.3 is 5.97 Å². The Labute approximate surface area is 153 Å². The molecule has 0 aromatic heterocycles. The Morgan fingerprint density at radius 3 is 1.68 bits per heavy atom. The molecule has 0 saturated heterocycles. The van der Waals surface area contributed by atoms with Gasteiger partial charge in [0.15, 0.2) is 0 Å². The highest BCUT2D eigenvalue weighted by Gasteiger charge is 1.98. The Hall–Kier alpha value is -2.03. The summed E-state index contributed by atoms with van der Waals surface area (Å²) in [7, 11) is 0. The molecule has 0 radical (unpaired) electrons. The van der Waals surface area contributed by atoms with Crippen LogP contribution in [0.5, 0.6) is 0 Å². The molecular weight excluding hydrogens is 312 g/mol. The van der Waals surface area contributed by atoms with Gasteiger partial charge in [0.05, 0.1) is 12.2 Å². The first-order valence-electron chi connectivity index (χ1n) is 9.36. The minimum absolute atomic E-state index is 0.0183. The number of carbonyl (C=O) groups is 1. The third kappa shape index (κ3) is 19.9. The van der Waals surface area contributed by atoms with E-state index in [0.29, 0.717) is 0 Å². The van der Waals surface area contributed by atoms with E-state index >= 15 is 0 Å². The summed E-state index contributed by atoms with van der Waals surface area (Å²) in [5, 5.41) is 18.0. The Kier molecular flexibility index (Phi) is 16.8. The predicted octanol–water partition coefficient (Wildman–Crippen LogP) is 6.66. The summed E-state index contributed by atoms with van der Waals surface area (Å²) >= 11 is 0. The zero-order chi connectivity index (χ0) is 18.6. The molecule has 0 saturated carbocycles. The summed E-state index contributed by atoms with van der Waals surface area (Å²) < 4.78 is 0. The minimum Gasteiger partial charge on any atom is -0.513 e. The number of hydrogen-bond acceptors (Lipinski definition) is 2. The van der Waals surface area contributed by atoms with Crippen LogP contribution in [0.2, 0.25) is 0 Å². The van der Waals surface area contributed by atoms with Crippen LogP contribution in [0.1, 0.15) is 71.1 Å². The zero-order valence-corrected chi connectivity index (χ0v) is 15.6. The molecule has 0 aromatic carbocycles. The van der Waals surface area contributed by atoms with Crippen LogP contribution in [0.4, 0.5) is 0 Å².